The van der Waals surface area contributed by atoms with Crippen LogP contribution in [0.15, 0.2) is 42.6 Å². The minimum atomic E-state index is -0.0411. The predicted octanol–water partition coefficient (Wildman–Crippen LogP) is 4.62. The van der Waals surface area contributed by atoms with Crippen LogP contribution in [-0.4, -0.2) is 35.2 Å². The van der Waals surface area contributed by atoms with E-state index in [0.29, 0.717) is 5.75 Å². The lowest BCUT2D eigenvalue weighted by atomic mass is 9.94. The maximum atomic E-state index is 10.8. The smallest absolute Gasteiger partial charge is 0.162 e. The highest BCUT2D eigenvalue weighted by atomic mass is 16.5. The number of nitrogens with zero attached hydrogens (tertiary/aromatic N) is 1. The molecule has 1 unspecified atom stereocenters. The number of fused-ring (bicyclic) bond motifs is 1. The van der Waals surface area contributed by atoms with Gasteiger partial charge in [0.2, 0.25) is 0 Å². The minimum absolute atomic E-state index is 0.0411. The van der Waals surface area contributed by atoms with Gasteiger partial charge < -0.3 is 14.8 Å². The molecule has 3 rings (SSSR count). The summed E-state index contributed by atoms with van der Waals surface area (Å²) in [5.74, 6) is 0.717. The molecule has 0 aliphatic carbocycles. The van der Waals surface area contributed by atoms with Crippen molar-refractivity contribution in [3.8, 4) is 11.5 Å². The van der Waals surface area contributed by atoms with Gasteiger partial charge in [-0.2, -0.15) is 0 Å². The molecule has 25 heavy (non-hydrogen) atoms. The maximum absolute atomic E-state index is 10.8. The van der Waals surface area contributed by atoms with Crippen molar-refractivity contribution in [1.82, 2.24) is 9.88 Å². The zero-order valence-electron chi connectivity index (χ0n) is 15.3. The van der Waals surface area contributed by atoms with E-state index in [0.717, 1.165) is 24.2 Å². The normalized spacial score (nSPS) is 12.7. The van der Waals surface area contributed by atoms with Crippen LogP contribution in [0, 0.1) is 6.92 Å². The van der Waals surface area contributed by atoms with Crippen LogP contribution in [0.5, 0.6) is 11.5 Å². The summed E-state index contributed by atoms with van der Waals surface area (Å²) in [6.45, 7) is 8.17. The fraction of sp³-hybridized carbons (Fsp3) is 0.333. The predicted molar refractivity (Wildman–Crippen MR) is 102 cm³/mol. The molecular formula is C21H26N2O2. The number of methoxy groups -OCH3 is 1. The van der Waals surface area contributed by atoms with Crippen LogP contribution in [-0.2, 0) is 0 Å². The van der Waals surface area contributed by atoms with Gasteiger partial charge >= 0.3 is 0 Å². The molecule has 1 heterocycles. The van der Waals surface area contributed by atoms with Crippen molar-refractivity contribution in [2.75, 3.05) is 20.2 Å². The molecule has 0 fully saturated rings. The molecule has 0 radical (unpaired) electrons. The standard InChI is InChI=1S/C21H26N2O2/c1-5-23(6-2)20(16-11-8-12-18(25-4)21(16)24)17-13-22-19-14(3)9-7-10-15(17)19/h7-13,20,22,24H,5-6H2,1-4H3. The Balaban J connectivity index is 2.24. The van der Waals surface area contributed by atoms with Crippen molar-refractivity contribution in [2.24, 2.45) is 0 Å². The fourth-order valence-electron chi connectivity index (χ4n) is 3.63. The zero-order valence-corrected chi connectivity index (χ0v) is 15.3. The van der Waals surface area contributed by atoms with Crippen molar-refractivity contribution in [1.29, 1.82) is 0 Å². The van der Waals surface area contributed by atoms with E-state index in [1.807, 2.05) is 12.1 Å². The summed E-state index contributed by atoms with van der Waals surface area (Å²) in [5.41, 5.74) is 4.41. The van der Waals surface area contributed by atoms with Gasteiger partial charge in [0.15, 0.2) is 11.5 Å². The quantitative estimate of drug-likeness (QED) is 0.689. The number of phenols is 1. The molecule has 4 heteroatoms. The molecule has 1 aromatic heterocycles. The minimum Gasteiger partial charge on any atom is -0.504 e. The van der Waals surface area contributed by atoms with Crippen molar-refractivity contribution in [2.45, 2.75) is 26.8 Å². The maximum Gasteiger partial charge on any atom is 0.162 e. The summed E-state index contributed by atoms with van der Waals surface area (Å²) in [7, 11) is 1.58. The SMILES string of the molecule is CCN(CC)C(c1cccc(OC)c1O)c1c[nH]c2c(C)cccc12. The molecule has 0 saturated carbocycles. The zero-order chi connectivity index (χ0) is 18.0. The number of aromatic amines is 1. The number of rotatable bonds is 6. The fourth-order valence-corrected chi connectivity index (χ4v) is 3.63. The number of aryl methyl sites for hydroxylation is 1. The first-order valence-corrected chi connectivity index (χ1v) is 8.78. The van der Waals surface area contributed by atoms with Crippen LogP contribution in [0.2, 0.25) is 0 Å². The monoisotopic (exact) mass is 338 g/mol. The molecule has 4 nitrogen and oxygen atoms in total. The average molecular weight is 338 g/mol. The van der Waals surface area contributed by atoms with Gasteiger partial charge in [-0.15, -0.1) is 0 Å². The largest absolute Gasteiger partial charge is 0.504 e. The third-order valence-electron chi connectivity index (χ3n) is 4.97. The van der Waals surface area contributed by atoms with Crippen LogP contribution < -0.4 is 4.74 Å². The first-order valence-electron chi connectivity index (χ1n) is 8.78. The van der Waals surface area contributed by atoms with E-state index in [4.69, 9.17) is 4.74 Å². The van der Waals surface area contributed by atoms with Crippen LogP contribution in [0.25, 0.3) is 10.9 Å². The summed E-state index contributed by atoms with van der Waals surface area (Å²) in [4.78, 5) is 5.76. The molecule has 0 spiro atoms. The van der Waals surface area contributed by atoms with E-state index >= 15 is 0 Å². The Hall–Kier alpha value is -2.46. The Labute approximate surface area is 149 Å². The van der Waals surface area contributed by atoms with Crippen molar-refractivity contribution in [3.63, 3.8) is 0 Å². The van der Waals surface area contributed by atoms with Gasteiger partial charge in [0.05, 0.1) is 13.2 Å². The highest BCUT2D eigenvalue weighted by Gasteiger charge is 2.27. The molecule has 132 valence electrons. The molecule has 0 aliphatic rings. The molecule has 0 bridgehead atoms. The third kappa shape index (κ3) is 2.98. The number of ether oxygens (including phenoxy) is 1. The molecule has 3 aromatic rings. The van der Waals surface area contributed by atoms with E-state index < -0.39 is 0 Å². The van der Waals surface area contributed by atoms with Gasteiger partial charge in [-0.25, -0.2) is 0 Å². The first kappa shape index (κ1) is 17.4. The number of aromatic hydroxyl groups is 1. The number of aromatic nitrogens is 1. The van der Waals surface area contributed by atoms with Crippen LogP contribution in [0.3, 0.4) is 0 Å². The van der Waals surface area contributed by atoms with Gasteiger partial charge in [-0.3, -0.25) is 4.90 Å². The van der Waals surface area contributed by atoms with E-state index in [1.165, 1.54) is 16.5 Å². The highest BCUT2D eigenvalue weighted by molar-refractivity contribution is 5.86. The number of para-hydroxylation sites is 2. The summed E-state index contributed by atoms with van der Waals surface area (Å²) in [6.07, 6.45) is 2.07. The summed E-state index contributed by atoms with van der Waals surface area (Å²) in [6, 6.07) is 12.0. The Morgan fingerprint density at radius 2 is 1.80 bits per heavy atom. The van der Waals surface area contributed by atoms with E-state index in [-0.39, 0.29) is 11.8 Å². The Bertz CT molecular complexity index is 865. The Morgan fingerprint density at radius 1 is 1.08 bits per heavy atom. The van der Waals surface area contributed by atoms with Crippen molar-refractivity contribution < 1.29 is 9.84 Å². The van der Waals surface area contributed by atoms with Gasteiger partial charge in [0.1, 0.15) is 0 Å². The highest BCUT2D eigenvalue weighted by Crippen LogP contribution is 2.41. The topological polar surface area (TPSA) is 48.5 Å². The molecule has 0 saturated heterocycles. The molecule has 0 aliphatic heterocycles. The van der Waals surface area contributed by atoms with Gasteiger partial charge in [-0.1, -0.05) is 44.2 Å². The number of H-pyrrole nitrogens is 1. The second kappa shape index (κ2) is 7.19. The second-order valence-electron chi connectivity index (χ2n) is 6.26. The van der Waals surface area contributed by atoms with Crippen LogP contribution in [0.1, 0.15) is 36.6 Å². The van der Waals surface area contributed by atoms with Crippen molar-refractivity contribution >= 4 is 10.9 Å². The molecule has 0 amide bonds. The van der Waals surface area contributed by atoms with Crippen LogP contribution in [0.4, 0.5) is 0 Å². The third-order valence-corrected chi connectivity index (χ3v) is 4.97. The van der Waals surface area contributed by atoms with E-state index in [9.17, 15) is 5.11 Å². The molecule has 1 atom stereocenters. The Morgan fingerprint density at radius 3 is 2.48 bits per heavy atom. The Kier molecular flexibility index (Phi) is 5.00. The van der Waals surface area contributed by atoms with Gasteiger partial charge in [0, 0.05) is 22.7 Å². The van der Waals surface area contributed by atoms with Gasteiger partial charge in [0.25, 0.3) is 0 Å². The summed E-state index contributed by atoms with van der Waals surface area (Å²) < 4.78 is 5.33. The summed E-state index contributed by atoms with van der Waals surface area (Å²) >= 11 is 0. The van der Waals surface area contributed by atoms with E-state index in [2.05, 4.69) is 55.1 Å². The lowest BCUT2D eigenvalue weighted by molar-refractivity contribution is 0.245. The molecule has 2 N–H and O–H groups in total. The second-order valence-corrected chi connectivity index (χ2v) is 6.26. The first-order chi connectivity index (χ1) is 12.1. The number of phenolic OH excluding ortho intramolecular Hbond substituents is 1. The average Bonchev–Trinajstić information content (AvgIpc) is 3.05. The lowest BCUT2D eigenvalue weighted by Gasteiger charge is -2.31. The number of hydrogen-bond donors (Lipinski definition) is 2. The summed E-state index contributed by atoms with van der Waals surface area (Å²) in [5, 5.41) is 12.0. The number of benzene rings is 2. The number of nitrogens with one attached hydrogen (secondary N) is 1. The van der Waals surface area contributed by atoms with E-state index in [1.54, 1.807) is 13.2 Å². The lowest BCUT2D eigenvalue weighted by Crippen LogP contribution is -2.29. The number of hydrogen-bond acceptors (Lipinski definition) is 3. The van der Waals surface area contributed by atoms with Crippen LogP contribution >= 0.6 is 0 Å². The van der Waals surface area contributed by atoms with Crippen molar-refractivity contribution in [3.05, 3.63) is 59.3 Å². The molecule has 2 aromatic carbocycles. The molecular weight excluding hydrogens is 312 g/mol. The van der Waals surface area contributed by atoms with Gasteiger partial charge in [-0.05, 0) is 37.2 Å².